The molecule has 1 aliphatic rings. The maximum absolute atomic E-state index is 5.14. The zero-order valence-corrected chi connectivity index (χ0v) is 10.4. The Hall–Kier alpha value is -1.56. The summed E-state index contributed by atoms with van der Waals surface area (Å²) in [6.07, 6.45) is 1.10. The maximum Gasteiger partial charge on any atom is 0.232 e. The van der Waals surface area contributed by atoms with Crippen molar-refractivity contribution in [1.82, 2.24) is 15.3 Å². The molecule has 6 nitrogen and oxygen atoms in total. The standard InChI is InChI=1S/C11H18N4O2/c1-12-8-4-5-15(7-8)11-13-9(16-2)6-10(14-11)17-3/h6,8,12H,4-5,7H2,1-3H3. The van der Waals surface area contributed by atoms with E-state index in [0.717, 1.165) is 19.5 Å². The smallest absolute Gasteiger partial charge is 0.232 e. The predicted octanol–water partition coefficient (Wildman–Crippen LogP) is 0.292. The lowest BCUT2D eigenvalue weighted by molar-refractivity contribution is 0.372. The Morgan fingerprint density at radius 1 is 1.29 bits per heavy atom. The number of anilines is 1. The first kappa shape index (κ1) is 11.9. The highest BCUT2D eigenvalue weighted by atomic mass is 16.5. The van der Waals surface area contributed by atoms with Crippen molar-refractivity contribution in [2.45, 2.75) is 12.5 Å². The van der Waals surface area contributed by atoms with Gasteiger partial charge < -0.3 is 19.7 Å². The van der Waals surface area contributed by atoms with Crippen molar-refractivity contribution >= 4 is 5.95 Å². The van der Waals surface area contributed by atoms with Gasteiger partial charge in [0.25, 0.3) is 0 Å². The lowest BCUT2D eigenvalue weighted by Gasteiger charge is -2.17. The first-order valence-corrected chi connectivity index (χ1v) is 5.66. The van der Waals surface area contributed by atoms with Gasteiger partial charge in [-0.15, -0.1) is 0 Å². The molecule has 1 saturated heterocycles. The fraction of sp³-hybridized carbons (Fsp3) is 0.636. The van der Waals surface area contributed by atoms with Crippen molar-refractivity contribution in [2.75, 3.05) is 39.3 Å². The molecule has 17 heavy (non-hydrogen) atoms. The van der Waals surface area contributed by atoms with Crippen molar-refractivity contribution in [3.8, 4) is 11.8 Å². The fourth-order valence-corrected chi connectivity index (χ4v) is 1.92. The summed E-state index contributed by atoms with van der Waals surface area (Å²) >= 11 is 0. The molecule has 1 atom stereocenters. The van der Waals surface area contributed by atoms with Crippen molar-refractivity contribution in [3.63, 3.8) is 0 Å². The molecule has 0 aliphatic carbocycles. The van der Waals surface area contributed by atoms with Crippen LogP contribution >= 0.6 is 0 Å². The molecule has 6 heteroatoms. The molecule has 2 heterocycles. The summed E-state index contributed by atoms with van der Waals surface area (Å²) in [5.41, 5.74) is 0. The second-order valence-corrected chi connectivity index (χ2v) is 3.97. The number of methoxy groups -OCH3 is 2. The number of nitrogens with zero attached hydrogens (tertiary/aromatic N) is 3. The molecular weight excluding hydrogens is 220 g/mol. The van der Waals surface area contributed by atoms with Gasteiger partial charge in [-0.05, 0) is 13.5 Å². The number of rotatable bonds is 4. The summed E-state index contributed by atoms with van der Waals surface area (Å²) in [4.78, 5) is 10.8. The van der Waals surface area contributed by atoms with Crippen molar-refractivity contribution in [1.29, 1.82) is 0 Å². The van der Waals surface area contributed by atoms with Crippen LogP contribution in [-0.2, 0) is 0 Å². The van der Waals surface area contributed by atoms with Gasteiger partial charge in [-0.1, -0.05) is 0 Å². The van der Waals surface area contributed by atoms with Crippen molar-refractivity contribution in [2.24, 2.45) is 0 Å². The van der Waals surface area contributed by atoms with Gasteiger partial charge >= 0.3 is 0 Å². The van der Waals surface area contributed by atoms with Crippen molar-refractivity contribution < 1.29 is 9.47 Å². The van der Waals surface area contributed by atoms with Crippen LogP contribution in [0.5, 0.6) is 11.8 Å². The average Bonchev–Trinajstić information content (AvgIpc) is 2.86. The number of aromatic nitrogens is 2. The van der Waals surface area contributed by atoms with Gasteiger partial charge in [0, 0.05) is 19.1 Å². The molecule has 1 aromatic heterocycles. The molecule has 2 rings (SSSR count). The number of hydrogen-bond acceptors (Lipinski definition) is 6. The van der Waals surface area contributed by atoms with Gasteiger partial charge in [-0.2, -0.15) is 9.97 Å². The van der Waals surface area contributed by atoms with Crippen molar-refractivity contribution in [3.05, 3.63) is 6.07 Å². The Bertz CT molecular complexity index is 363. The van der Waals surface area contributed by atoms with Gasteiger partial charge in [0.2, 0.25) is 17.7 Å². The van der Waals surface area contributed by atoms with E-state index in [1.165, 1.54) is 0 Å². The van der Waals surface area contributed by atoms with Gasteiger partial charge in [0.1, 0.15) is 0 Å². The third kappa shape index (κ3) is 2.58. The predicted molar refractivity (Wildman–Crippen MR) is 64.8 cm³/mol. The van der Waals surface area contributed by atoms with Crippen LogP contribution in [0.2, 0.25) is 0 Å². The highest BCUT2D eigenvalue weighted by Gasteiger charge is 2.23. The van der Waals surface area contributed by atoms with Gasteiger partial charge in [-0.3, -0.25) is 0 Å². The number of ether oxygens (including phenoxy) is 2. The molecule has 0 amide bonds. The summed E-state index contributed by atoms with van der Waals surface area (Å²) in [6, 6.07) is 2.17. The molecular formula is C11H18N4O2. The lowest BCUT2D eigenvalue weighted by atomic mass is 10.3. The number of likely N-dealkylation sites (N-methyl/N-ethyl adjacent to an activating group) is 1. The van der Waals surface area contributed by atoms with Gasteiger partial charge in [0.05, 0.1) is 20.3 Å². The second kappa shape index (κ2) is 5.18. The van der Waals surface area contributed by atoms with E-state index in [1.54, 1.807) is 20.3 Å². The molecule has 0 radical (unpaired) electrons. The fourth-order valence-electron chi connectivity index (χ4n) is 1.92. The second-order valence-electron chi connectivity index (χ2n) is 3.97. The molecule has 0 saturated carbocycles. The third-order valence-electron chi connectivity index (χ3n) is 2.96. The number of hydrogen-bond donors (Lipinski definition) is 1. The Morgan fingerprint density at radius 2 is 1.94 bits per heavy atom. The van der Waals surface area contributed by atoms with Gasteiger partial charge in [0.15, 0.2) is 0 Å². The monoisotopic (exact) mass is 238 g/mol. The van der Waals surface area contributed by atoms with E-state index in [1.807, 2.05) is 7.05 Å². The molecule has 1 fully saturated rings. The average molecular weight is 238 g/mol. The van der Waals surface area contributed by atoms with Crippen LogP contribution in [0, 0.1) is 0 Å². The summed E-state index contributed by atoms with van der Waals surface area (Å²) in [5, 5.41) is 3.26. The Morgan fingerprint density at radius 3 is 2.41 bits per heavy atom. The molecule has 0 spiro atoms. The highest BCUT2D eigenvalue weighted by molar-refractivity contribution is 5.38. The quantitative estimate of drug-likeness (QED) is 0.813. The normalized spacial score (nSPS) is 19.5. The van der Waals surface area contributed by atoms with E-state index >= 15 is 0 Å². The zero-order valence-electron chi connectivity index (χ0n) is 10.4. The molecule has 0 bridgehead atoms. The minimum atomic E-state index is 0.496. The Balaban J connectivity index is 2.20. The summed E-state index contributed by atoms with van der Waals surface area (Å²) in [6.45, 7) is 1.86. The number of nitrogens with one attached hydrogen (secondary N) is 1. The summed E-state index contributed by atoms with van der Waals surface area (Å²) < 4.78 is 10.3. The van der Waals surface area contributed by atoms with Crippen LogP contribution in [0.4, 0.5) is 5.95 Å². The largest absolute Gasteiger partial charge is 0.481 e. The van der Waals surface area contributed by atoms with E-state index in [-0.39, 0.29) is 0 Å². The van der Waals surface area contributed by atoms with Crippen LogP contribution in [0.3, 0.4) is 0 Å². The van der Waals surface area contributed by atoms with Crippen LogP contribution in [0.15, 0.2) is 6.07 Å². The molecule has 1 N–H and O–H groups in total. The van der Waals surface area contributed by atoms with E-state index < -0.39 is 0 Å². The molecule has 1 unspecified atom stereocenters. The molecule has 94 valence electrons. The zero-order chi connectivity index (χ0) is 12.3. The lowest BCUT2D eigenvalue weighted by Crippen LogP contribution is -2.30. The van der Waals surface area contributed by atoms with E-state index in [4.69, 9.17) is 9.47 Å². The van der Waals surface area contributed by atoms with E-state index in [2.05, 4.69) is 20.2 Å². The molecule has 1 aromatic rings. The van der Waals surface area contributed by atoms with Crippen LogP contribution in [0.1, 0.15) is 6.42 Å². The van der Waals surface area contributed by atoms with Crippen LogP contribution in [0.25, 0.3) is 0 Å². The van der Waals surface area contributed by atoms with Crippen LogP contribution < -0.4 is 19.7 Å². The summed E-state index contributed by atoms with van der Waals surface area (Å²) in [7, 11) is 5.15. The third-order valence-corrected chi connectivity index (χ3v) is 2.96. The van der Waals surface area contributed by atoms with Gasteiger partial charge in [-0.25, -0.2) is 0 Å². The molecule has 0 aromatic carbocycles. The highest BCUT2D eigenvalue weighted by Crippen LogP contribution is 2.22. The minimum Gasteiger partial charge on any atom is -0.481 e. The van der Waals surface area contributed by atoms with E-state index in [9.17, 15) is 0 Å². The Labute approximate surface area is 101 Å². The van der Waals surface area contributed by atoms with Crippen LogP contribution in [-0.4, -0.2) is 50.4 Å². The minimum absolute atomic E-state index is 0.496. The van der Waals surface area contributed by atoms with E-state index in [0.29, 0.717) is 23.8 Å². The maximum atomic E-state index is 5.14. The summed E-state index contributed by atoms with van der Waals surface area (Å²) in [5.74, 6) is 1.72. The first-order chi connectivity index (χ1) is 8.26. The topological polar surface area (TPSA) is 59.5 Å². The SMILES string of the molecule is CNC1CCN(c2nc(OC)cc(OC)n2)C1. The Kier molecular flexibility index (Phi) is 3.63. The first-order valence-electron chi connectivity index (χ1n) is 5.66. The molecule has 1 aliphatic heterocycles.